The van der Waals surface area contributed by atoms with Gasteiger partial charge in [0.2, 0.25) is 0 Å². The fourth-order valence-corrected chi connectivity index (χ4v) is 2.44. The number of ether oxygens (including phenoxy) is 1. The van der Waals surface area contributed by atoms with E-state index >= 15 is 0 Å². The second-order valence-electron chi connectivity index (χ2n) is 5.29. The van der Waals surface area contributed by atoms with Gasteiger partial charge in [0.25, 0.3) is 0 Å². The van der Waals surface area contributed by atoms with E-state index < -0.39 is 11.7 Å². The number of rotatable bonds is 1. The maximum Gasteiger partial charge on any atom is 0.419 e. The Hall–Kier alpha value is -1.00. The molecule has 19 heavy (non-hydrogen) atoms. The van der Waals surface area contributed by atoms with Gasteiger partial charge < -0.3 is 4.74 Å². The van der Waals surface area contributed by atoms with Gasteiger partial charge >= 0.3 is 6.09 Å². The van der Waals surface area contributed by atoms with E-state index in [4.69, 9.17) is 16.3 Å². The number of aromatic nitrogens is 1. The summed E-state index contributed by atoms with van der Waals surface area (Å²) in [5.41, 5.74) is 0.990. The maximum atomic E-state index is 12.3. The molecule has 3 nitrogen and oxygen atoms in total. The molecule has 1 aromatic heterocycles. The van der Waals surface area contributed by atoms with Crippen molar-refractivity contribution in [3.63, 3.8) is 0 Å². The van der Waals surface area contributed by atoms with Crippen LogP contribution >= 0.6 is 27.5 Å². The second-order valence-corrected chi connectivity index (χ2v) is 6.47. The van der Waals surface area contributed by atoms with Crippen molar-refractivity contribution in [3.8, 4) is 0 Å². The van der Waals surface area contributed by atoms with Crippen LogP contribution in [-0.2, 0) is 10.6 Å². The van der Waals surface area contributed by atoms with Crippen LogP contribution in [0.1, 0.15) is 26.5 Å². The first-order chi connectivity index (χ1) is 8.81. The molecule has 0 fully saturated rings. The standard InChI is InChI=1S/C14H15BrClNO2/c1-14(2,3)19-13(18)17-11(8-16)7-9-6-10(15)4-5-12(9)17/h4-7H,8H2,1-3H3. The molecule has 0 radical (unpaired) electrons. The lowest BCUT2D eigenvalue weighted by molar-refractivity contribution is 0.0541. The average molecular weight is 345 g/mol. The zero-order valence-electron chi connectivity index (χ0n) is 11.0. The van der Waals surface area contributed by atoms with Crippen LogP contribution in [0.5, 0.6) is 0 Å². The predicted molar refractivity (Wildman–Crippen MR) is 80.8 cm³/mol. The molecule has 102 valence electrons. The van der Waals surface area contributed by atoms with Crippen molar-refractivity contribution in [2.75, 3.05) is 0 Å². The Morgan fingerprint density at radius 2 is 2.05 bits per heavy atom. The summed E-state index contributed by atoms with van der Waals surface area (Å²) in [5.74, 6) is 0.255. The molecule has 0 spiro atoms. The highest BCUT2D eigenvalue weighted by Crippen LogP contribution is 2.25. The molecule has 1 heterocycles. The normalized spacial score (nSPS) is 11.8. The summed E-state index contributed by atoms with van der Waals surface area (Å²) in [7, 11) is 0. The summed E-state index contributed by atoms with van der Waals surface area (Å²) in [5, 5.41) is 0.955. The Kier molecular flexibility index (Phi) is 3.92. The molecule has 0 amide bonds. The topological polar surface area (TPSA) is 31.2 Å². The van der Waals surface area contributed by atoms with E-state index in [0.717, 1.165) is 21.1 Å². The van der Waals surface area contributed by atoms with Gasteiger partial charge in [0.05, 0.1) is 11.4 Å². The van der Waals surface area contributed by atoms with Crippen molar-refractivity contribution in [1.82, 2.24) is 4.57 Å². The number of benzene rings is 1. The highest BCUT2D eigenvalue weighted by atomic mass is 79.9. The second kappa shape index (κ2) is 5.17. The monoisotopic (exact) mass is 343 g/mol. The predicted octanol–water partition coefficient (Wildman–Crippen LogP) is 4.93. The van der Waals surface area contributed by atoms with E-state index in [1.807, 2.05) is 45.0 Å². The number of alkyl halides is 1. The summed E-state index contributed by atoms with van der Waals surface area (Å²) >= 11 is 9.33. The van der Waals surface area contributed by atoms with Crippen molar-refractivity contribution < 1.29 is 9.53 Å². The molecule has 0 bridgehead atoms. The van der Waals surface area contributed by atoms with Gasteiger partial charge in [0, 0.05) is 15.6 Å². The van der Waals surface area contributed by atoms with Crippen molar-refractivity contribution >= 4 is 44.5 Å². The quantitative estimate of drug-likeness (QED) is 0.687. The molecule has 0 N–H and O–H groups in total. The number of halogens is 2. The number of fused-ring (bicyclic) bond motifs is 1. The van der Waals surface area contributed by atoms with E-state index in [-0.39, 0.29) is 5.88 Å². The van der Waals surface area contributed by atoms with Crippen molar-refractivity contribution in [2.45, 2.75) is 32.3 Å². The highest BCUT2D eigenvalue weighted by molar-refractivity contribution is 9.10. The number of hydrogen-bond donors (Lipinski definition) is 0. The van der Waals surface area contributed by atoms with Gasteiger partial charge in [-0.15, -0.1) is 11.6 Å². The third-order valence-electron chi connectivity index (χ3n) is 2.55. The fourth-order valence-electron chi connectivity index (χ4n) is 1.86. The Balaban J connectivity index is 2.54. The smallest absolute Gasteiger partial charge is 0.419 e. The maximum absolute atomic E-state index is 12.3. The van der Waals surface area contributed by atoms with Crippen LogP contribution in [0.25, 0.3) is 10.9 Å². The number of hydrogen-bond acceptors (Lipinski definition) is 2. The lowest BCUT2D eigenvalue weighted by Crippen LogP contribution is -2.27. The van der Waals surface area contributed by atoms with E-state index in [0.29, 0.717) is 0 Å². The van der Waals surface area contributed by atoms with Crippen LogP contribution < -0.4 is 0 Å². The lowest BCUT2D eigenvalue weighted by Gasteiger charge is -2.20. The molecule has 2 rings (SSSR count). The fraction of sp³-hybridized carbons (Fsp3) is 0.357. The van der Waals surface area contributed by atoms with Gasteiger partial charge in [-0.2, -0.15) is 0 Å². The van der Waals surface area contributed by atoms with Crippen LogP contribution in [0.15, 0.2) is 28.7 Å². The molecule has 5 heteroatoms. The molecule has 0 atom stereocenters. The summed E-state index contributed by atoms with van der Waals surface area (Å²) in [6.07, 6.45) is -0.402. The van der Waals surface area contributed by atoms with Gasteiger partial charge in [0.15, 0.2) is 0 Å². The van der Waals surface area contributed by atoms with Gasteiger partial charge in [0.1, 0.15) is 5.60 Å². The van der Waals surface area contributed by atoms with E-state index in [2.05, 4.69) is 15.9 Å². The van der Waals surface area contributed by atoms with Crippen molar-refractivity contribution in [1.29, 1.82) is 0 Å². The first-order valence-corrected chi connectivity index (χ1v) is 7.24. The van der Waals surface area contributed by atoms with Crippen LogP contribution in [0, 0.1) is 0 Å². The first-order valence-electron chi connectivity index (χ1n) is 5.91. The van der Waals surface area contributed by atoms with Crippen LogP contribution in [0.4, 0.5) is 4.79 Å². The SMILES string of the molecule is CC(C)(C)OC(=O)n1c(CCl)cc2cc(Br)ccc21. The molecule has 0 aliphatic carbocycles. The summed E-state index contributed by atoms with van der Waals surface area (Å²) < 4.78 is 7.91. The van der Waals surface area contributed by atoms with Gasteiger partial charge in [-0.05, 0) is 45.0 Å². The minimum atomic E-state index is -0.535. The van der Waals surface area contributed by atoms with Gasteiger partial charge in [-0.25, -0.2) is 9.36 Å². The summed E-state index contributed by atoms with van der Waals surface area (Å²) in [4.78, 5) is 12.3. The molecule has 0 aliphatic heterocycles. The van der Waals surface area contributed by atoms with Crippen LogP contribution in [-0.4, -0.2) is 16.3 Å². The number of carbonyl (C=O) groups is 1. The van der Waals surface area contributed by atoms with Crippen LogP contribution in [0.2, 0.25) is 0 Å². The third-order valence-corrected chi connectivity index (χ3v) is 3.32. The zero-order chi connectivity index (χ0) is 14.2. The molecule has 0 aliphatic rings. The van der Waals surface area contributed by atoms with Crippen molar-refractivity contribution in [2.24, 2.45) is 0 Å². The minimum absolute atomic E-state index is 0.255. The van der Waals surface area contributed by atoms with E-state index in [1.54, 1.807) is 0 Å². The van der Waals surface area contributed by atoms with E-state index in [9.17, 15) is 4.79 Å². The summed E-state index contributed by atoms with van der Waals surface area (Å²) in [6, 6.07) is 7.61. The number of carbonyl (C=O) groups excluding carboxylic acids is 1. The summed E-state index contributed by atoms with van der Waals surface area (Å²) in [6.45, 7) is 5.52. The molecule has 0 saturated heterocycles. The molecule has 2 aromatic rings. The van der Waals surface area contributed by atoms with Gasteiger partial charge in [-0.3, -0.25) is 0 Å². The van der Waals surface area contributed by atoms with Crippen molar-refractivity contribution in [3.05, 3.63) is 34.4 Å². The minimum Gasteiger partial charge on any atom is -0.443 e. The Morgan fingerprint density at radius 3 is 2.63 bits per heavy atom. The Morgan fingerprint density at radius 1 is 1.37 bits per heavy atom. The largest absolute Gasteiger partial charge is 0.443 e. The van der Waals surface area contributed by atoms with Crippen LogP contribution in [0.3, 0.4) is 0 Å². The third kappa shape index (κ3) is 3.12. The molecular weight excluding hydrogens is 330 g/mol. The molecular formula is C14H15BrClNO2. The average Bonchev–Trinajstić information content (AvgIpc) is 2.63. The molecule has 1 aromatic carbocycles. The van der Waals surface area contributed by atoms with E-state index in [1.165, 1.54) is 4.57 Å². The Labute approximate surface area is 125 Å². The highest BCUT2D eigenvalue weighted by Gasteiger charge is 2.21. The Bertz CT molecular complexity index is 628. The number of nitrogens with zero attached hydrogens (tertiary/aromatic N) is 1. The lowest BCUT2D eigenvalue weighted by atomic mass is 10.2. The molecule has 0 saturated carbocycles. The first kappa shape index (κ1) is 14.4. The molecule has 0 unspecified atom stereocenters. The zero-order valence-corrected chi connectivity index (χ0v) is 13.4. The van der Waals surface area contributed by atoms with Gasteiger partial charge in [-0.1, -0.05) is 15.9 Å².